The smallest absolute Gasteiger partial charge is 0.259 e. The van der Waals surface area contributed by atoms with Crippen LogP contribution >= 0.6 is 0 Å². The van der Waals surface area contributed by atoms with Gasteiger partial charge in [-0.05, 0) is 83.2 Å². The number of allylic oxidation sites excluding steroid dienone is 1. The predicted molar refractivity (Wildman–Crippen MR) is 205 cm³/mol. The minimum Gasteiger partial charge on any atom is -0.495 e. The molecule has 3 aromatic carbocycles. The molecule has 2 heterocycles. The third kappa shape index (κ3) is 8.74. The molecule has 0 unspecified atom stereocenters. The zero-order valence-corrected chi connectivity index (χ0v) is 31.0. The summed E-state index contributed by atoms with van der Waals surface area (Å²) in [7, 11) is 9.18. The second-order valence-corrected chi connectivity index (χ2v) is 13.4. The number of imidazole rings is 1. The first kappa shape index (κ1) is 37.9. The lowest BCUT2D eigenvalue weighted by molar-refractivity contribution is 0.0961. The molecule has 0 saturated carbocycles. The van der Waals surface area contributed by atoms with Gasteiger partial charge in [-0.2, -0.15) is 0 Å². The molecular formula is C39H50N8O5. The molecule has 2 amide bonds. The molecule has 5 rings (SSSR count). The SMILES string of the molecule is COc1c(-c2cccc3[nH]c(NCCN(C)C)nc23)ccc(C(=O)N(C)c2ccc(C)cc2OCCCCC(=C=O)N2CCN(C)CC2)c1C(N)=O. The number of carbonyl (C=O) groups excluding carboxylic acids is 3. The number of aryl methyl sites for hydroxylation is 1. The Morgan fingerprint density at radius 2 is 1.81 bits per heavy atom. The molecule has 1 fully saturated rings. The standard InChI is InChI=1S/C39H50N8O5/c1-26-13-16-32(33(24-26)52-23-8-7-10-27(25-48)47-21-19-45(4)20-22-47)46(5)38(50)30-15-14-29(36(51-6)34(30)37(40)49)28-11-9-12-31-35(28)43-39(42-31)41-17-18-44(2)3/h9,11-16,24H,7-8,10,17-23H2,1-6H3,(H2,40,49)(H2,41,42,43). The minimum absolute atomic E-state index is 0.0253. The number of likely N-dealkylation sites (N-methyl/N-ethyl adjacent to an activating group) is 2. The van der Waals surface area contributed by atoms with Gasteiger partial charge in [0.1, 0.15) is 17.4 Å². The zero-order chi connectivity index (χ0) is 37.4. The van der Waals surface area contributed by atoms with Gasteiger partial charge in [0.15, 0.2) is 0 Å². The van der Waals surface area contributed by atoms with Gasteiger partial charge in [-0.25, -0.2) is 9.78 Å². The van der Waals surface area contributed by atoms with Crippen LogP contribution in [0, 0.1) is 6.92 Å². The Hall–Kier alpha value is -5.36. The van der Waals surface area contributed by atoms with Gasteiger partial charge in [-0.15, -0.1) is 0 Å². The highest BCUT2D eigenvalue weighted by molar-refractivity contribution is 6.15. The Labute approximate surface area is 305 Å². The van der Waals surface area contributed by atoms with E-state index in [1.807, 2.05) is 57.4 Å². The molecule has 1 aliphatic rings. The van der Waals surface area contributed by atoms with Gasteiger partial charge in [0.25, 0.3) is 11.8 Å². The first-order valence-electron chi connectivity index (χ1n) is 17.6. The molecule has 4 aromatic rings. The van der Waals surface area contributed by atoms with Crippen molar-refractivity contribution in [2.45, 2.75) is 26.2 Å². The Balaban J connectivity index is 1.35. The van der Waals surface area contributed by atoms with E-state index in [9.17, 15) is 14.4 Å². The molecular weight excluding hydrogens is 660 g/mol. The van der Waals surface area contributed by atoms with Crippen LogP contribution in [0.25, 0.3) is 22.2 Å². The summed E-state index contributed by atoms with van der Waals surface area (Å²) in [5.74, 6) is 2.24. The summed E-state index contributed by atoms with van der Waals surface area (Å²) in [5.41, 5.74) is 11.0. The third-order valence-corrected chi connectivity index (χ3v) is 9.34. The molecule has 0 bridgehead atoms. The van der Waals surface area contributed by atoms with Crippen LogP contribution in [0.2, 0.25) is 0 Å². The number of unbranched alkanes of at least 4 members (excludes halogenated alkanes) is 1. The van der Waals surface area contributed by atoms with Crippen molar-refractivity contribution in [2.24, 2.45) is 5.73 Å². The molecule has 1 saturated heterocycles. The van der Waals surface area contributed by atoms with Gasteiger partial charge in [0, 0.05) is 57.4 Å². The fraction of sp³-hybridized carbons (Fsp3) is 0.410. The number of aromatic nitrogens is 2. The summed E-state index contributed by atoms with van der Waals surface area (Å²) in [6.45, 7) is 7.38. The van der Waals surface area contributed by atoms with E-state index in [2.05, 4.69) is 38.0 Å². The minimum atomic E-state index is -0.795. The largest absolute Gasteiger partial charge is 0.495 e. The maximum absolute atomic E-state index is 14.2. The number of primary amides is 1. The highest BCUT2D eigenvalue weighted by Crippen LogP contribution is 2.39. The number of ether oxygens (including phenoxy) is 2. The average Bonchev–Trinajstić information content (AvgIpc) is 3.55. The van der Waals surface area contributed by atoms with E-state index in [-0.39, 0.29) is 16.9 Å². The van der Waals surface area contributed by atoms with Crippen LogP contribution in [-0.4, -0.2) is 124 Å². The number of anilines is 2. The number of carbonyl (C=O) groups is 2. The number of amides is 2. The average molecular weight is 711 g/mol. The maximum Gasteiger partial charge on any atom is 0.259 e. The van der Waals surface area contributed by atoms with Crippen LogP contribution in [-0.2, 0) is 4.79 Å². The van der Waals surface area contributed by atoms with E-state index >= 15 is 0 Å². The van der Waals surface area contributed by atoms with Crippen molar-refractivity contribution in [3.63, 3.8) is 0 Å². The number of hydrogen-bond donors (Lipinski definition) is 3. The maximum atomic E-state index is 14.2. The van der Waals surface area contributed by atoms with E-state index in [1.165, 1.54) is 12.0 Å². The number of benzene rings is 3. The number of nitrogens with zero attached hydrogens (tertiary/aromatic N) is 5. The number of H-pyrrole nitrogens is 1. The number of fused-ring (bicyclic) bond motifs is 1. The molecule has 4 N–H and O–H groups in total. The lowest BCUT2D eigenvalue weighted by Crippen LogP contribution is -2.44. The Kier molecular flexibility index (Phi) is 12.6. The van der Waals surface area contributed by atoms with Gasteiger partial charge in [-0.1, -0.05) is 18.2 Å². The molecule has 0 radical (unpaired) electrons. The second kappa shape index (κ2) is 17.2. The molecule has 1 aliphatic heterocycles. The summed E-state index contributed by atoms with van der Waals surface area (Å²) in [6.07, 6.45) is 2.11. The molecule has 0 aliphatic carbocycles. The summed E-state index contributed by atoms with van der Waals surface area (Å²) in [5, 5.41) is 3.31. The summed E-state index contributed by atoms with van der Waals surface area (Å²) in [4.78, 5) is 54.9. The topological polar surface area (TPSA) is 149 Å². The lowest BCUT2D eigenvalue weighted by Gasteiger charge is -2.34. The van der Waals surface area contributed by atoms with Crippen LogP contribution in [0.1, 0.15) is 45.5 Å². The number of aromatic amines is 1. The van der Waals surface area contributed by atoms with E-state index in [1.54, 1.807) is 19.2 Å². The van der Waals surface area contributed by atoms with Crippen LogP contribution in [0.15, 0.2) is 54.2 Å². The molecule has 276 valence electrons. The van der Waals surface area contributed by atoms with E-state index < -0.39 is 11.8 Å². The van der Waals surface area contributed by atoms with Crippen molar-refractivity contribution < 1.29 is 23.9 Å². The van der Waals surface area contributed by atoms with E-state index in [0.29, 0.717) is 60.2 Å². The summed E-state index contributed by atoms with van der Waals surface area (Å²) < 4.78 is 12.0. The number of rotatable bonds is 16. The van der Waals surface area contributed by atoms with E-state index in [0.717, 1.165) is 55.8 Å². The molecule has 1 aromatic heterocycles. The number of methoxy groups -OCH3 is 1. The monoisotopic (exact) mass is 710 g/mol. The van der Waals surface area contributed by atoms with Gasteiger partial charge in [0.2, 0.25) is 5.95 Å². The van der Waals surface area contributed by atoms with Crippen molar-refractivity contribution in [2.75, 3.05) is 91.4 Å². The summed E-state index contributed by atoms with van der Waals surface area (Å²) in [6, 6.07) is 14.7. The number of piperazine rings is 1. The van der Waals surface area contributed by atoms with Crippen LogP contribution in [0.4, 0.5) is 11.6 Å². The van der Waals surface area contributed by atoms with Crippen molar-refractivity contribution in [3.05, 3.63) is 70.9 Å². The van der Waals surface area contributed by atoms with Crippen LogP contribution in [0.3, 0.4) is 0 Å². The molecule has 0 atom stereocenters. The second-order valence-electron chi connectivity index (χ2n) is 13.4. The normalized spacial score (nSPS) is 13.2. The summed E-state index contributed by atoms with van der Waals surface area (Å²) >= 11 is 0. The third-order valence-electron chi connectivity index (χ3n) is 9.34. The van der Waals surface area contributed by atoms with Crippen LogP contribution in [0.5, 0.6) is 11.5 Å². The first-order valence-corrected chi connectivity index (χ1v) is 17.6. The highest BCUT2D eigenvalue weighted by Gasteiger charge is 2.28. The Bertz CT molecular complexity index is 1940. The van der Waals surface area contributed by atoms with Crippen molar-refractivity contribution in [1.29, 1.82) is 0 Å². The quantitative estimate of drug-likeness (QED) is 0.113. The molecule has 52 heavy (non-hydrogen) atoms. The van der Waals surface area contributed by atoms with Crippen LogP contribution < -0.4 is 25.4 Å². The molecule has 0 spiro atoms. The molecule has 13 nitrogen and oxygen atoms in total. The number of hydrogen-bond acceptors (Lipinski definition) is 10. The molecule has 13 heteroatoms. The van der Waals surface area contributed by atoms with Crippen molar-refractivity contribution in [1.82, 2.24) is 24.7 Å². The Morgan fingerprint density at radius 3 is 2.50 bits per heavy atom. The fourth-order valence-electron chi connectivity index (χ4n) is 6.39. The van der Waals surface area contributed by atoms with E-state index in [4.69, 9.17) is 20.2 Å². The van der Waals surface area contributed by atoms with Gasteiger partial charge in [-0.3, -0.25) is 9.59 Å². The van der Waals surface area contributed by atoms with Gasteiger partial charge < -0.3 is 45.1 Å². The number of nitrogens with two attached hydrogens (primary N) is 1. The zero-order valence-electron chi connectivity index (χ0n) is 31.0. The highest BCUT2D eigenvalue weighted by atomic mass is 16.5. The fourth-order valence-corrected chi connectivity index (χ4v) is 6.39. The van der Waals surface area contributed by atoms with Crippen molar-refractivity contribution in [3.8, 4) is 22.6 Å². The van der Waals surface area contributed by atoms with Gasteiger partial charge in [0.05, 0.1) is 47.3 Å². The number of nitrogens with one attached hydrogen (secondary N) is 2. The number of para-hydroxylation sites is 1. The Morgan fingerprint density at radius 1 is 1.04 bits per heavy atom. The first-order chi connectivity index (χ1) is 25.0. The lowest BCUT2D eigenvalue weighted by atomic mass is 9.95. The van der Waals surface area contributed by atoms with Gasteiger partial charge >= 0.3 is 0 Å². The van der Waals surface area contributed by atoms with Crippen molar-refractivity contribution >= 4 is 40.4 Å². The predicted octanol–water partition coefficient (Wildman–Crippen LogP) is 4.41.